The number of likely N-dealkylation sites (tertiary alicyclic amines) is 1. The van der Waals surface area contributed by atoms with Gasteiger partial charge in [-0.15, -0.1) is 0 Å². The Morgan fingerprint density at radius 1 is 0.844 bits per heavy atom. The lowest BCUT2D eigenvalue weighted by molar-refractivity contribution is -0.137. The highest BCUT2D eigenvalue weighted by atomic mass is 35.5. The molecule has 6 heteroatoms. The molecule has 172 valence electrons. The van der Waals surface area contributed by atoms with Crippen molar-refractivity contribution in [3.8, 4) is 0 Å². The second-order valence-corrected chi connectivity index (χ2v) is 9.17. The van der Waals surface area contributed by atoms with Gasteiger partial charge in [0.1, 0.15) is 6.61 Å². The molecule has 0 unspecified atom stereocenters. The minimum Gasteiger partial charge on any atom is -0.370 e. The van der Waals surface area contributed by atoms with Crippen molar-refractivity contribution in [3.63, 3.8) is 0 Å². The topological polar surface area (TPSA) is 36.0 Å². The Morgan fingerprint density at radius 3 is 2.19 bits per heavy atom. The van der Waals surface area contributed by atoms with Crippen molar-refractivity contribution in [2.24, 2.45) is 0 Å². The number of carbonyl (C=O) groups is 1. The average Bonchev–Trinajstić information content (AvgIpc) is 2.85. The second kappa shape index (κ2) is 11.8. The summed E-state index contributed by atoms with van der Waals surface area (Å²) in [5.74, 6) is 0.142. The molecular weight excluding hydrogens is 422 g/mol. The van der Waals surface area contributed by atoms with Gasteiger partial charge in [-0.1, -0.05) is 54.1 Å². The Labute approximate surface area is 196 Å². The normalized spacial score (nSPS) is 19.1. The molecule has 2 aliphatic heterocycles. The summed E-state index contributed by atoms with van der Waals surface area (Å²) in [6, 6.07) is 19.2. The third-order valence-corrected chi connectivity index (χ3v) is 6.81. The number of piperazine rings is 1. The maximum atomic E-state index is 12.2. The first-order valence-electron chi connectivity index (χ1n) is 11.8. The highest BCUT2D eigenvalue weighted by molar-refractivity contribution is 6.30. The van der Waals surface area contributed by atoms with Crippen LogP contribution in [0.1, 0.15) is 36.4 Å². The fraction of sp³-hybridized carbons (Fsp3) is 0.500. The summed E-state index contributed by atoms with van der Waals surface area (Å²) in [5.41, 5.74) is 2.58. The molecule has 2 heterocycles. The van der Waals surface area contributed by atoms with E-state index in [1.165, 1.54) is 17.5 Å². The lowest BCUT2D eigenvalue weighted by Gasteiger charge is -2.39. The van der Waals surface area contributed by atoms with Gasteiger partial charge in [0.15, 0.2) is 0 Å². The van der Waals surface area contributed by atoms with Gasteiger partial charge in [-0.25, -0.2) is 0 Å². The van der Waals surface area contributed by atoms with E-state index in [0.717, 1.165) is 63.7 Å². The van der Waals surface area contributed by atoms with E-state index in [4.69, 9.17) is 16.3 Å². The molecule has 0 bridgehead atoms. The number of benzene rings is 2. The summed E-state index contributed by atoms with van der Waals surface area (Å²) < 4.78 is 5.72. The van der Waals surface area contributed by atoms with Crippen molar-refractivity contribution in [2.45, 2.75) is 25.3 Å². The number of hydrogen-bond donors (Lipinski definition) is 0. The minimum atomic E-state index is 0.142. The molecule has 32 heavy (non-hydrogen) atoms. The largest absolute Gasteiger partial charge is 0.370 e. The number of nitrogens with zero attached hydrogens (tertiary/aromatic N) is 3. The Bertz CT molecular complexity index is 832. The van der Waals surface area contributed by atoms with Crippen LogP contribution >= 0.6 is 11.6 Å². The van der Waals surface area contributed by atoms with Crippen LogP contribution in [0.4, 0.5) is 0 Å². The summed E-state index contributed by atoms with van der Waals surface area (Å²) in [4.78, 5) is 19.2. The summed E-state index contributed by atoms with van der Waals surface area (Å²) in [5, 5.41) is 0.768. The van der Waals surface area contributed by atoms with Crippen LogP contribution < -0.4 is 0 Å². The van der Waals surface area contributed by atoms with Crippen molar-refractivity contribution in [1.29, 1.82) is 0 Å². The molecule has 2 fully saturated rings. The SMILES string of the molecule is O=C(COCCN1CCN([C@@H](c2ccccc2)c2ccc(Cl)cc2)CC1)N1CCCCC1. The van der Waals surface area contributed by atoms with Crippen molar-refractivity contribution in [3.05, 3.63) is 70.7 Å². The van der Waals surface area contributed by atoms with Crippen LogP contribution in [0.15, 0.2) is 54.6 Å². The number of amides is 1. The lowest BCUT2D eigenvalue weighted by atomic mass is 9.96. The van der Waals surface area contributed by atoms with Gasteiger partial charge < -0.3 is 9.64 Å². The van der Waals surface area contributed by atoms with E-state index >= 15 is 0 Å². The zero-order valence-corrected chi connectivity index (χ0v) is 19.6. The predicted molar refractivity (Wildman–Crippen MR) is 129 cm³/mol. The molecular formula is C26H34ClN3O2. The quantitative estimate of drug-likeness (QED) is 0.562. The number of carbonyl (C=O) groups excluding carboxylic acids is 1. The number of halogens is 1. The zero-order chi connectivity index (χ0) is 22.2. The van der Waals surface area contributed by atoms with Crippen LogP contribution in [0, 0.1) is 0 Å². The van der Waals surface area contributed by atoms with E-state index in [1.54, 1.807) is 0 Å². The van der Waals surface area contributed by atoms with Crippen LogP contribution in [0.5, 0.6) is 0 Å². The van der Waals surface area contributed by atoms with Gasteiger partial charge in [-0.2, -0.15) is 0 Å². The van der Waals surface area contributed by atoms with Gasteiger partial charge in [0.25, 0.3) is 0 Å². The van der Waals surface area contributed by atoms with Gasteiger partial charge in [0, 0.05) is 50.8 Å². The Morgan fingerprint density at radius 2 is 1.50 bits per heavy atom. The molecule has 2 saturated heterocycles. The van der Waals surface area contributed by atoms with Crippen LogP contribution in [0.3, 0.4) is 0 Å². The van der Waals surface area contributed by atoms with Crippen molar-refractivity contribution >= 4 is 17.5 Å². The summed E-state index contributed by atoms with van der Waals surface area (Å²) in [6.45, 7) is 7.47. The van der Waals surface area contributed by atoms with Crippen LogP contribution in [0.25, 0.3) is 0 Å². The Balaban J connectivity index is 1.26. The van der Waals surface area contributed by atoms with Gasteiger partial charge in [0.2, 0.25) is 5.91 Å². The Hall–Kier alpha value is -1.92. The molecule has 0 spiro atoms. The number of hydrogen-bond acceptors (Lipinski definition) is 4. The van der Waals surface area contributed by atoms with E-state index in [1.807, 2.05) is 17.0 Å². The number of piperidine rings is 1. The molecule has 5 nitrogen and oxygen atoms in total. The summed E-state index contributed by atoms with van der Waals surface area (Å²) in [6.07, 6.45) is 3.48. The first-order valence-corrected chi connectivity index (χ1v) is 12.2. The molecule has 2 aromatic rings. The number of rotatable bonds is 8. The summed E-state index contributed by atoms with van der Waals surface area (Å²) in [7, 11) is 0. The third kappa shape index (κ3) is 6.32. The predicted octanol–water partition coefficient (Wildman–Crippen LogP) is 4.08. The molecule has 1 atom stereocenters. The monoisotopic (exact) mass is 455 g/mol. The first-order chi connectivity index (χ1) is 15.7. The van der Waals surface area contributed by atoms with E-state index in [2.05, 4.69) is 52.3 Å². The molecule has 0 N–H and O–H groups in total. The van der Waals surface area contributed by atoms with E-state index in [-0.39, 0.29) is 18.6 Å². The Kier molecular flexibility index (Phi) is 8.57. The summed E-state index contributed by atoms with van der Waals surface area (Å²) >= 11 is 6.14. The standard InChI is InChI=1S/C26H34ClN3O2/c27-24-11-9-23(10-12-24)26(22-7-3-1-4-8-22)30-17-15-28(16-18-30)19-20-32-21-25(31)29-13-5-2-6-14-29/h1,3-4,7-12,26H,2,5-6,13-21H2/t26-/m0/s1. The maximum absolute atomic E-state index is 12.2. The van der Waals surface area contributed by atoms with Crippen molar-refractivity contribution in [2.75, 3.05) is 59.0 Å². The van der Waals surface area contributed by atoms with Gasteiger partial charge >= 0.3 is 0 Å². The lowest BCUT2D eigenvalue weighted by Crippen LogP contribution is -2.48. The smallest absolute Gasteiger partial charge is 0.248 e. The molecule has 2 aromatic carbocycles. The fourth-order valence-electron chi connectivity index (χ4n) is 4.73. The van der Waals surface area contributed by atoms with E-state index in [9.17, 15) is 4.79 Å². The van der Waals surface area contributed by atoms with E-state index < -0.39 is 0 Å². The molecule has 2 aliphatic rings. The molecule has 1 amide bonds. The van der Waals surface area contributed by atoms with Crippen molar-refractivity contribution in [1.82, 2.24) is 14.7 Å². The number of ether oxygens (including phenoxy) is 1. The third-order valence-electron chi connectivity index (χ3n) is 6.56. The second-order valence-electron chi connectivity index (χ2n) is 8.74. The molecule has 0 aromatic heterocycles. The fourth-order valence-corrected chi connectivity index (χ4v) is 4.85. The van der Waals surface area contributed by atoms with Gasteiger partial charge in [0.05, 0.1) is 12.6 Å². The zero-order valence-electron chi connectivity index (χ0n) is 18.8. The highest BCUT2D eigenvalue weighted by Gasteiger charge is 2.26. The van der Waals surface area contributed by atoms with Crippen molar-refractivity contribution < 1.29 is 9.53 Å². The average molecular weight is 456 g/mol. The van der Waals surface area contributed by atoms with E-state index in [0.29, 0.717) is 6.61 Å². The molecule has 4 rings (SSSR count). The maximum Gasteiger partial charge on any atom is 0.248 e. The van der Waals surface area contributed by atoms with Crippen LogP contribution in [-0.2, 0) is 9.53 Å². The first kappa shape index (κ1) is 23.2. The van der Waals surface area contributed by atoms with Crippen LogP contribution in [0.2, 0.25) is 5.02 Å². The van der Waals surface area contributed by atoms with Gasteiger partial charge in [-0.05, 0) is 42.5 Å². The molecule has 0 radical (unpaired) electrons. The molecule has 0 aliphatic carbocycles. The van der Waals surface area contributed by atoms with Crippen LogP contribution in [-0.4, -0.2) is 79.6 Å². The molecule has 0 saturated carbocycles. The highest BCUT2D eigenvalue weighted by Crippen LogP contribution is 2.30. The minimum absolute atomic E-state index is 0.142. The van der Waals surface area contributed by atoms with Gasteiger partial charge in [-0.3, -0.25) is 14.6 Å².